The van der Waals surface area contributed by atoms with Crippen molar-refractivity contribution in [2.75, 3.05) is 20.3 Å². The number of hydrogen-bond donors (Lipinski definition) is 1. The molecule has 0 aliphatic carbocycles. The maximum Gasteiger partial charge on any atom is 0.123 e. The second-order valence-electron chi connectivity index (χ2n) is 6.25. The highest BCUT2D eigenvalue weighted by Gasteiger charge is 2.21. The van der Waals surface area contributed by atoms with Gasteiger partial charge < -0.3 is 14.6 Å². The minimum atomic E-state index is 0.269. The van der Waals surface area contributed by atoms with Gasteiger partial charge in [-0.05, 0) is 25.0 Å². The van der Waals surface area contributed by atoms with Crippen LogP contribution in [0, 0.1) is 0 Å². The summed E-state index contributed by atoms with van der Waals surface area (Å²) in [7, 11) is 1.70. The lowest BCUT2D eigenvalue weighted by molar-refractivity contribution is 0.0673. The molecule has 1 atom stereocenters. The highest BCUT2D eigenvalue weighted by molar-refractivity contribution is 5.34. The van der Waals surface area contributed by atoms with Gasteiger partial charge in [-0.1, -0.05) is 36.4 Å². The molecule has 0 saturated carbocycles. The maximum absolute atomic E-state index is 10.1. The fraction of sp³-hybridized carbons (Fsp3) is 0.400. The van der Waals surface area contributed by atoms with Gasteiger partial charge in [0, 0.05) is 37.4 Å². The summed E-state index contributed by atoms with van der Waals surface area (Å²) in [6, 6.07) is 15.6. The Labute approximate surface area is 143 Å². The minimum absolute atomic E-state index is 0.269. The largest absolute Gasteiger partial charge is 0.508 e. The van der Waals surface area contributed by atoms with Crippen LogP contribution in [0.5, 0.6) is 11.5 Å². The van der Waals surface area contributed by atoms with Crippen LogP contribution in [0.25, 0.3) is 0 Å². The van der Waals surface area contributed by atoms with Crippen molar-refractivity contribution in [3.8, 4) is 11.5 Å². The molecule has 3 rings (SSSR count). The summed E-state index contributed by atoms with van der Waals surface area (Å²) in [4.78, 5) is 2.32. The van der Waals surface area contributed by atoms with Crippen LogP contribution < -0.4 is 4.74 Å². The zero-order chi connectivity index (χ0) is 16.8. The van der Waals surface area contributed by atoms with Crippen molar-refractivity contribution in [2.24, 2.45) is 0 Å². The van der Waals surface area contributed by atoms with Crippen molar-refractivity contribution in [3.63, 3.8) is 0 Å². The average molecular weight is 327 g/mol. The van der Waals surface area contributed by atoms with Gasteiger partial charge >= 0.3 is 0 Å². The molecule has 1 saturated heterocycles. The fourth-order valence-corrected chi connectivity index (χ4v) is 3.22. The Kier molecular flexibility index (Phi) is 5.72. The van der Waals surface area contributed by atoms with E-state index in [1.807, 2.05) is 36.4 Å². The average Bonchev–Trinajstić information content (AvgIpc) is 3.10. The highest BCUT2D eigenvalue weighted by Crippen LogP contribution is 2.24. The number of ether oxygens (including phenoxy) is 2. The molecule has 1 aliphatic rings. The molecule has 0 amide bonds. The minimum Gasteiger partial charge on any atom is -0.508 e. The van der Waals surface area contributed by atoms with E-state index < -0.39 is 0 Å². The molecule has 2 aromatic carbocycles. The number of phenolic OH excluding ortho intramolecular Hbond substituents is 1. The van der Waals surface area contributed by atoms with Crippen molar-refractivity contribution in [1.29, 1.82) is 0 Å². The first-order valence-electron chi connectivity index (χ1n) is 8.49. The molecule has 2 aromatic rings. The third kappa shape index (κ3) is 4.28. The molecule has 1 unspecified atom stereocenters. The highest BCUT2D eigenvalue weighted by atomic mass is 16.5. The van der Waals surface area contributed by atoms with Gasteiger partial charge in [-0.15, -0.1) is 0 Å². The van der Waals surface area contributed by atoms with Crippen LogP contribution in [0.3, 0.4) is 0 Å². The maximum atomic E-state index is 10.1. The number of rotatable bonds is 7. The van der Waals surface area contributed by atoms with Gasteiger partial charge in [0.05, 0.1) is 13.2 Å². The molecule has 4 nitrogen and oxygen atoms in total. The van der Waals surface area contributed by atoms with Gasteiger partial charge in [-0.3, -0.25) is 4.90 Å². The predicted octanol–water partition coefficient (Wildman–Crippen LogP) is 3.58. The van der Waals surface area contributed by atoms with E-state index in [-0.39, 0.29) is 6.10 Å². The molecular weight excluding hydrogens is 302 g/mol. The Morgan fingerprint density at radius 1 is 1.08 bits per heavy atom. The topological polar surface area (TPSA) is 41.9 Å². The SMILES string of the molecule is COc1ccccc1CN(Cc1ccccc1O)CC1CCCO1. The standard InChI is InChI=1S/C20H25NO3/c1-23-20-11-5-3-8-17(20)14-21(15-18-9-6-12-24-18)13-16-7-2-4-10-19(16)22/h2-5,7-8,10-11,18,22H,6,9,12-15H2,1H3. The Morgan fingerprint density at radius 3 is 2.50 bits per heavy atom. The summed E-state index contributed by atoms with van der Waals surface area (Å²) in [5.41, 5.74) is 2.08. The van der Waals surface area contributed by atoms with E-state index in [0.717, 1.165) is 49.4 Å². The fourth-order valence-electron chi connectivity index (χ4n) is 3.22. The van der Waals surface area contributed by atoms with E-state index in [2.05, 4.69) is 11.0 Å². The van der Waals surface area contributed by atoms with Crippen molar-refractivity contribution in [1.82, 2.24) is 4.90 Å². The molecule has 1 fully saturated rings. The van der Waals surface area contributed by atoms with Gasteiger partial charge in [-0.25, -0.2) is 0 Å². The van der Waals surface area contributed by atoms with Crippen LogP contribution >= 0.6 is 0 Å². The second kappa shape index (κ2) is 8.18. The summed E-state index contributed by atoms with van der Waals surface area (Å²) < 4.78 is 11.3. The molecule has 24 heavy (non-hydrogen) atoms. The molecule has 1 heterocycles. The molecule has 4 heteroatoms. The number of phenols is 1. The Hall–Kier alpha value is -2.04. The number of methoxy groups -OCH3 is 1. The van der Waals surface area contributed by atoms with Crippen LogP contribution in [-0.2, 0) is 17.8 Å². The first kappa shape index (κ1) is 16.8. The number of benzene rings is 2. The van der Waals surface area contributed by atoms with Crippen LogP contribution in [-0.4, -0.2) is 36.4 Å². The first-order chi connectivity index (χ1) is 11.8. The summed E-state index contributed by atoms with van der Waals surface area (Å²) in [5, 5.41) is 10.1. The van der Waals surface area contributed by atoms with Gasteiger partial charge in [0.1, 0.15) is 11.5 Å². The summed E-state index contributed by atoms with van der Waals surface area (Å²) in [5.74, 6) is 1.24. The van der Waals surface area contributed by atoms with Crippen LogP contribution in [0.1, 0.15) is 24.0 Å². The summed E-state index contributed by atoms with van der Waals surface area (Å²) >= 11 is 0. The lowest BCUT2D eigenvalue weighted by Gasteiger charge is -2.26. The molecule has 1 aliphatic heterocycles. The Morgan fingerprint density at radius 2 is 1.79 bits per heavy atom. The number of hydrogen-bond acceptors (Lipinski definition) is 4. The number of aromatic hydroxyl groups is 1. The van der Waals surface area contributed by atoms with Gasteiger partial charge in [0.15, 0.2) is 0 Å². The van der Waals surface area contributed by atoms with Crippen LogP contribution in [0.4, 0.5) is 0 Å². The normalized spacial score (nSPS) is 17.3. The molecule has 128 valence electrons. The zero-order valence-corrected chi connectivity index (χ0v) is 14.1. The molecule has 0 aromatic heterocycles. The third-order valence-corrected chi connectivity index (χ3v) is 4.46. The van der Waals surface area contributed by atoms with E-state index in [1.165, 1.54) is 0 Å². The van der Waals surface area contributed by atoms with E-state index in [1.54, 1.807) is 13.2 Å². The van der Waals surface area contributed by atoms with E-state index in [9.17, 15) is 5.11 Å². The van der Waals surface area contributed by atoms with Crippen molar-refractivity contribution >= 4 is 0 Å². The summed E-state index contributed by atoms with van der Waals surface area (Å²) in [6.07, 6.45) is 2.50. The van der Waals surface area contributed by atoms with E-state index in [4.69, 9.17) is 9.47 Å². The first-order valence-corrected chi connectivity index (χ1v) is 8.49. The lowest BCUT2D eigenvalue weighted by atomic mass is 10.1. The second-order valence-corrected chi connectivity index (χ2v) is 6.25. The predicted molar refractivity (Wildman–Crippen MR) is 94.2 cm³/mol. The third-order valence-electron chi connectivity index (χ3n) is 4.46. The molecule has 0 radical (unpaired) electrons. The number of nitrogens with zero attached hydrogens (tertiary/aromatic N) is 1. The van der Waals surface area contributed by atoms with Crippen molar-refractivity contribution in [3.05, 3.63) is 59.7 Å². The van der Waals surface area contributed by atoms with Crippen molar-refractivity contribution in [2.45, 2.75) is 32.0 Å². The lowest BCUT2D eigenvalue weighted by Crippen LogP contribution is -2.31. The molecular formula is C20H25NO3. The van der Waals surface area contributed by atoms with Gasteiger partial charge in [0.25, 0.3) is 0 Å². The van der Waals surface area contributed by atoms with Gasteiger partial charge in [-0.2, -0.15) is 0 Å². The van der Waals surface area contributed by atoms with E-state index >= 15 is 0 Å². The van der Waals surface area contributed by atoms with Gasteiger partial charge in [0.2, 0.25) is 0 Å². The quantitative estimate of drug-likeness (QED) is 0.844. The molecule has 0 bridgehead atoms. The number of para-hydroxylation sites is 2. The Bertz CT molecular complexity index is 653. The van der Waals surface area contributed by atoms with Crippen LogP contribution in [0.15, 0.2) is 48.5 Å². The smallest absolute Gasteiger partial charge is 0.123 e. The van der Waals surface area contributed by atoms with Crippen molar-refractivity contribution < 1.29 is 14.6 Å². The molecule has 0 spiro atoms. The monoisotopic (exact) mass is 327 g/mol. The van der Waals surface area contributed by atoms with Crippen LogP contribution in [0.2, 0.25) is 0 Å². The Balaban J connectivity index is 1.77. The molecule has 1 N–H and O–H groups in total. The summed E-state index contributed by atoms with van der Waals surface area (Å²) in [6.45, 7) is 3.15. The van der Waals surface area contributed by atoms with E-state index in [0.29, 0.717) is 12.3 Å². The zero-order valence-electron chi connectivity index (χ0n) is 14.1.